The van der Waals surface area contributed by atoms with E-state index in [1.165, 1.54) is 31.1 Å². The van der Waals surface area contributed by atoms with Gasteiger partial charge in [-0.15, -0.1) is 0 Å². The Hall–Kier alpha value is -3.34. The number of rotatable bonds is 6. The van der Waals surface area contributed by atoms with E-state index in [2.05, 4.69) is 25.7 Å². The molecule has 1 atom stereocenters. The largest absolute Gasteiger partial charge is 0.495 e. The molecule has 1 aliphatic heterocycles. The molecule has 0 aliphatic carbocycles. The summed E-state index contributed by atoms with van der Waals surface area (Å²) in [6.07, 6.45) is 3.98. The molecule has 0 bridgehead atoms. The summed E-state index contributed by atoms with van der Waals surface area (Å²) in [6.45, 7) is 3.11. The zero-order valence-electron chi connectivity index (χ0n) is 17.5. The lowest BCUT2D eigenvalue weighted by Crippen LogP contribution is -2.43. The van der Waals surface area contributed by atoms with Gasteiger partial charge in [0.2, 0.25) is 11.9 Å². The average molecular weight is 457 g/mol. The maximum absolute atomic E-state index is 12.7. The third-order valence-electron chi connectivity index (χ3n) is 4.88. The van der Waals surface area contributed by atoms with Gasteiger partial charge in [0.25, 0.3) is 0 Å². The second-order valence-corrected chi connectivity index (χ2v) is 7.46. The topological polar surface area (TPSA) is 120 Å². The number of carbonyl (C=O) groups is 2. The highest BCUT2D eigenvalue weighted by Crippen LogP contribution is 2.31. The molecule has 3 heterocycles. The highest BCUT2D eigenvalue weighted by molar-refractivity contribution is 6.32. The van der Waals surface area contributed by atoms with Crippen LogP contribution in [0.15, 0.2) is 36.8 Å². The number of hydrogen-bond donors (Lipinski definition) is 2. The summed E-state index contributed by atoms with van der Waals surface area (Å²) in [4.78, 5) is 32.9. The molecule has 1 unspecified atom stereocenters. The molecule has 2 N–H and O–H groups in total. The van der Waals surface area contributed by atoms with Gasteiger partial charge in [0.1, 0.15) is 11.9 Å². The number of methoxy groups -OCH3 is 1. The second kappa shape index (κ2) is 9.43. The minimum atomic E-state index is -0.523. The van der Waals surface area contributed by atoms with E-state index in [1.54, 1.807) is 24.4 Å². The molecule has 3 aromatic rings. The summed E-state index contributed by atoms with van der Waals surface area (Å²) in [6, 6.07) is 5.06. The van der Waals surface area contributed by atoms with Crippen LogP contribution in [0.5, 0.6) is 5.75 Å². The molecule has 1 saturated heterocycles. The summed E-state index contributed by atoms with van der Waals surface area (Å²) in [5.41, 5.74) is 2.05. The number of benzene rings is 1. The van der Waals surface area contributed by atoms with Crippen LogP contribution in [0, 0.1) is 0 Å². The van der Waals surface area contributed by atoms with Crippen molar-refractivity contribution in [3.8, 4) is 17.0 Å². The lowest BCUT2D eigenvalue weighted by atomic mass is 10.0. The van der Waals surface area contributed by atoms with Crippen LogP contribution in [0.1, 0.15) is 22.1 Å². The SMILES string of the molecule is COc1cc(C(=O)C2CNCCO2)ccc1Nc1ncc(Cl)c(-c2cnn(C(C)=O)c2)n1. The molecule has 32 heavy (non-hydrogen) atoms. The Kier molecular flexibility index (Phi) is 6.45. The number of ether oxygens (including phenoxy) is 2. The Morgan fingerprint density at radius 1 is 1.34 bits per heavy atom. The number of ketones is 1. The second-order valence-electron chi connectivity index (χ2n) is 7.05. The number of halogens is 1. The lowest BCUT2D eigenvalue weighted by molar-refractivity contribution is 0.0269. The molecular formula is C21H21ClN6O4. The van der Waals surface area contributed by atoms with Gasteiger partial charge in [-0.2, -0.15) is 5.10 Å². The monoisotopic (exact) mass is 456 g/mol. The van der Waals surface area contributed by atoms with Crippen molar-refractivity contribution in [1.82, 2.24) is 25.1 Å². The summed E-state index contributed by atoms with van der Waals surface area (Å²) >= 11 is 6.26. The number of aromatic nitrogens is 4. The fraction of sp³-hybridized carbons (Fsp3) is 0.286. The Bertz CT molecular complexity index is 1160. The van der Waals surface area contributed by atoms with Gasteiger partial charge in [-0.1, -0.05) is 11.6 Å². The van der Waals surface area contributed by atoms with E-state index < -0.39 is 6.10 Å². The Morgan fingerprint density at radius 3 is 2.88 bits per heavy atom. The van der Waals surface area contributed by atoms with E-state index in [1.807, 2.05) is 0 Å². The number of Topliss-reactive ketones (excluding diaryl/α,β-unsaturated/α-hetero) is 1. The van der Waals surface area contributed by atoms with Crippen LogP contribution in [-0.4, -0.2) is 64.3 Å². The van der Waals surface area contributed by atoms with Crippen molar-refractivity contribution in [3.05, 3.63) is 47.4 Å². The van der Waals surface area contributed by atoms with E-state index >= 15 is 0 Å². The third kappa shape index (κ3) is 4.62. The first-order valence-corrected chi connectivity index (χ1v) is 10.2. The van der Waals surface area contributed by atoms with Gasteiger partial charge in [-0.3, -0.25) is 9.59 Å². The fourth-order valence-corrected chi connectivity index (χ4v) is 3.44. The van der Waals surface area contributed by atoms with Crippen LogP contribution in [0.25, 0.3) is 11.3 Å². The van der Waals surface area contributed by atoms with Crippen LogP contribution in [0.4, 0.5) is 11.6 Å². The van der Waals surface area contributed by atoms with E-state index in [9.17, 15) is 9.59 Å². The summed E-state index contributed by atoms with van der Waals surface area (Å²) in [5, 5.41) is 10.5. The number of carbonyl (C=O) groups excluding carboxylic acids is 2. The smallest absolute Gasteiger partial charge is 0.243 e. The zero-order valence-corrected chi connectivity index (χ0v) is 18.2. The maximum Gasteiger partial charge on any atom is 0.243 e. The molecular weight excluding hydrogens is 436 g/mol. The molecule has 11 heteroatoms. The van der Waals surface area contributed by atoms with Gasteiger partial charge in [-0.05, 0) is 18.2 Å². The van der Waals surface area contributed by atoms with Crippen molar-refractivity contribution in [2.45, 2.75) is 13.0 Å². The van der Waals surface area contributed by atoms with Gasteiger partial charge in [0, 0.05) is 37.3 Å². The minimum Gasteiger partial charge on any atom is -0.495 e. The Labute approximate surface area is 188 Å². The van der Waals surface area contributed by atoms with E-state index in [0.717, 1.165) is 6.54 Å². The maximum atomic E-state index is 12.7. The summed E-state index contributed by atoms with van der Waals surface area (Å²) < 4.78 is 12.2. The van der Waals surface area contributed by atoms with Gasteiger partial charge < -0.3 is 20.1 Å². The Balaban J connectivity index is 1.58. The number of hydrogen-bond acceptors (Lipinski definition) is 9. The van der Waals surface area contributed by atoms with Crippen molar-refractivity contribution >= 4 is 34.9 Å². The molecule has 1 fully saturated rings. The molecule has 0 amide bonds. The molecule has 1 aliphatic rings. The molecule has 166 valence electrons. The van der Waals surface area contributed by atoms with Crippen LogP contribution in [-0.2, 0) is 4.74 Å². The van der Waals surface area contributed by atoms with Gasteiger partial charge in [0.15, 0.2) is 5.78 Å². The number of nitrogens with zero attached hydrogens (tertiary/aromatic N) is 4. The normalized spacial score (nSPS) is 15.9. The van der Waals surface area contributed by atoms with E-state index in [4.69, 9.17) is 21.1 Å². The summed E-state index contributed by atoms with van der Waals surface area (Å²) in [5.74, 6) is 0.365. The molecule has 4 rings (SSSR count). The standard InChI is InChI=1S/C21H21ClN6O4/c1-12(29)28-11-14(8-25-28)19-15(22)9-24-21(27-19)26-16-4-3-13(7-17(16)31-2)20(30)18-10-23-5-6-32-18/h3-4,7-9,11,18,23H,5-6,10H2,1-2H3,(H,24,26,27). The lowest BCUT2D eigenvalue weighted by Gasteiger charge is -2.22. The predicted octanol–water partition coefficient (Wildman–Crippen LogP) is 2.58. The van der Waals surface area contributed by atoms with Gasteiger partial charge in [0.05, 0.1) is 42.5 Å². The number of morpholine rings is 1. The van der Waals surface area contributed by atoms with Crippen LogP contribution < -0.4 is 15.4 Å². The van der Waals surface area contributed by atoms with Crippen molar-refractivity contribution in [2.24, 2.45) is 0 Å². The van der Waals surface area contributed by atoms with Crippen molar-refractivity contribution in [1.29, 1.82) is 0 Å². The highest BCUT2D eigenvalue weighted by atomic mass is 35.5. The predicted molar refractivity (Wildman–Crippen MR) is 118 cm³/mol. The first-order valence-electron chi connectivity index (χ1n) is 9.86. The number of anilines is 2. The van der Waals surface area contributed by atoms with E-state index in [0.29, 0.717) is 46.4 Å². The first kappa shape index (κ1) is 21.9. The van der Waals surface area contributed by atoms with Crippen LogP contribution in [0.2, 0.25) is 5.02 Å². The highest BCUT2D eigenvalue weighted by Gasteiger charge is 2.24. The molecule has 0 spiro atoms. The van der Waals surface area contributed by atoms with Crippen LogP contribution >= 0.6 is 11.6 Å². The quantitative estimate of drug-likeness (QED) is 0.539. The first-order chi connectivity index (χ1) is 15.5. The van der Waals surface area contributed by atoms with Gasteiger partial charge >= 0.3 is 0 Å². The minimum absolute atomic E-state index is 0.116. The third-order valence-corrected chi connectivity index (χ3v) is 5.15. The van der Waals surface area contributed by atoms with Crippen LogP contribution in [0.3, 0.4) is 0 Å². The molecule has 2 aromatic heterocycles. The molecule has 1 aromatic carbocycles. The van der Waals surface area contributed by atoms with Crippen molar-refractivity contribution in [2.75, 3.05) is 32.1 Å². The fourth-order valence-electron chi connectivity index (χ4n) is 3.24. The number of nitrogens with one attached hydrogen (secondary N) is 2. The van der Waals surface area contributed by atoms with Gasteiger partial charge in [-0.25, -0.2) is 14.6 Å². The summed E-state index contributed by atoms with van der Waals surface area (Å²) in [7, 11) is 1.51. The Morgan fingerprint density at radius 2 is 2.19 bits per heavy atom. The zero-order chi connectivity index (χ0) is 22.7. The van der Waals surface area contributed by atoms with Crippen molar-refractivity contribution in [3.63, 3.8) is 0 Å². The molecule has 0 radical (unpaired) electrons. The average Bonchev–Trinajstić information content (AvgIpc) is 3.31. The molecule has 0 saturated carbocycles. The molecule has 10 nitrogen and oxygen atoms in total. The van der Waals surface area contributed by atoms with E-state index in [-0.39, 0.29) is 17.6 Å². The van der Waals surface area contributed by atoms with Crippen molar-refractivity contribution < 1.29 is 19.1 Å².